The average Bonchev–Trinajstić information content (AvgIpc) is 2.91. The summed E-state index contributed by atoms with van der Waals surface area (Å²) in [6.07, 6.45) is 2.60. The van der Waals surface area contributed by atoms with E-state index in [1.807, 2.05) is 4.90 Å². The summed E-state index contributed by atoms with van der Waals surface area (Å²) in [5.74, 6) is 0.309. The Labute approximate surface area is 142 Å². The highest BCUT2D eigenvalue weighted by atomic mass is 35.5. The molecule has 1 aliphatic rings. The summed E-state index contributed by atoms with van der Waals surface area (Å²) in [4.78, 5) is 14.3. The Morgan fingerprint density at radius 1 is 1.41 bits per heavy atom. The van der Waals surface area contributed by atoms with Gasteiger partial charge in [0.2, 0.25) is 5.91 Å². The van der Waals surface area contributed by atoms with Crippen molar-refractivity contribution in [1.29, 1.82) is 0 Å². The fraction of sp³-hybridized carbons (Fsp3) is 0.471. The van der Waals surface area contributed by atoms with Crippen LogP contribution in [0.4, 0.5) is 0 Å². The number of carbonyl (C=O) groups is 1. The van der Waals surface area contributed by atoms with E-state index >= 15 is 0 Å². The summed E-state index contributed by atoms with van der Waals surface area (Å²) in [7, 11) is 0. The lowest BCUT2D eigenvalue weighted by atomic mass is 10.1. The zero-order valence-electron chi connectivity index (χ0n) is 12.9. The molecule has 1 unspecified atom stereocenters. The van der Waals surface area contributed by atoms with Crippen LogP contribution in [0.25, 0.3) is 10.1 Å². The van der Waals surface area contributed by atoms with E-state index in [0.717, 1.165) is 32.5 Å². The quantitative estimate of drug-likeness (QED) is 0.925. The number of hydrogen-bond acceptors (Lipinski definition) is 3. The molecule has 1 amide bonds. The molecule has 3 rings (SSSR count). The molecule has 1 N–H and O–H groups in total. The van der Waals surface area contributed by atoms with Crippen LogP contribution in [-0.2, 0) is 11.2 Å². The number of nitrogens with zero attached hydrogens (tertiary/aromatic N) is 1. The number of halogens is 1. The lowest BCUT2D eigenvalue weighted by Gasteiger charge is -2.34. The number of rotatable bonds is 4. The molecular formula is C17H23ClN2OS. The molecule has 1 aliphatic heterocycles. The standard InChI is InChI=1S/C17H22N2OS.ClH/c1-13-11-18-9-10-19(13)17(20)8-4-5-14-12-21-16-7-3-2-6-15(14)16;/h2-3,6-7,12-13,18H,4-5,8-11H2,1H3;1H. The van der Waals surface area contributed by atoms with E-state index in [1.54, 1.807) is 11.3 Å². The number of carbonyl (C=O) groups excluding carboxylic acids is 1. The van der Waals surface area contributed by atoms with Crippen molar-refractivity contribution >= 4 is 39.7 Å². The molecule has 1 atom stereocenters. The summed E-state index contributed by atoms with van der Waals surface area (Å²) in [6.45, 7) is 4.81. The van der Waals surface area contributed by atoms with Gasteiger partial charge in [0.15, 0.2) is 0 Å². The van der Waals surface area contributed by atoms with Crippen molar-refractivity contribution in [2.45, 2.75) is 32.2 Å². The van der Waals surface area contributed by atoms with Gasteiger partial charge in [-0.15, -0.1) is 23.7 Å². The van der Waals surface area contributed by atoms with Gasteiger partial charge in [-0.3, -0.25) is 4.79 Å². The first-order valence-electron chi connectivity index (χ1n) is 7.71. The van der Waals surface area contributed by atoms with Crippen molar-refractivity contribution in [3.63, 3.8) is 0 Å². The molecule has 2 aromatic rings. The van der Waals surface area contributed by atoms with Crippen LogP contribution in [0.2, 0.25) is 0 Å². The lowest BCUT2D eigenvalue weighted by molar-refractivity contribution is -0.134. The van der Waals surface area contributed by atoms with E-state index in [4.69, 9.17) is 0 Å². The van der Waals surface area contributed by atoms with Crippen molar-refractivity contribution < 1.29 is 4.79 Å². The van der Waals surface area contributed by atoms with Gasteiger partial charge in [0, 0.05) is 36.8 Å². The van der Waals surface area contributed by atoms with Gasteiger partial charge in [-0.1, -0.05) is 18.2 Å². The number of aryl methyl sites for hydroxylation is 1. The lowest BCUT2D eigenvalue weighted by Crippen LogP contribution is -2.52. The van der Waals surface area contributed by atoms with Gasteiger partial charge >= 0.3 is 0 Å². The third-order valence-corrected chi connectivity index (χ3v) is 5.23. The van der Waals surface area contributed by atoms with Gasteiger partial charge < -0.3 is 10.2 Å². The summed E-state index contributed by atoms with van der Waals surface area (Å²) in [5.41, 5.74) is 1.39. The number of thiophene rings is 1. The summed E-state index contributed by atoms with van der Waals surface area (Å²) in [6, 6.07) is 8.84. The molecule has 0 aliphatic carbocycles. The Morgan fingerprint density at radius 3 is 3.05 bits per heavy atom. The Hall–Kier alpha value is -1.10. The van der Waals surface area contributed by atoms with E-state index in [-0.39, 0.29) is 12.4 Å². The fourth-order valence-electron chi connectivity index (χ4n) is 3.01. The van der Waals surface area contributed by atoms with Crippen LogP contribution in [0.15, 0.2) is 29.6 Å². The topological polar surface area (TPSA) is 32.3 Å². The smallest absolute Gasteiger partial charge is 0.222 e. The van der Waals surface area contributed by atoms with Gasteiger partial charge in [0.25, 0.3) is 0 Å². The first kappa shape index (κ1) is 17.3. The number of amides is 1. The van der Waals surface area contributed by atoms with E-state index < -0.39 is 0 Å². The Balaban J connectivity index is 0.00000176. The molecule has 1 aromatic heterocycles. The van der Waals surface area contributed by atoms with Gasteiger partial charge in [-0.05, 0) is 42.2 Å². The molecule has 120 valence electrons. The molecule has 1 fully saturated rings. The van der Waals surface area contributed by atoms with Crippen molar-refractivity contribution in [3.8, 4) is 0 Å². The van der Waals surface area contributed by atoms with E-state index in [2.05, 4.69) is 41.9 Å². The molecule has 0 spiro atoms. The minimum atomic E-state index is 0. The van der Waals surface area contributed by atoms with Gasteiger partial charge in [-0.2, -0.15) is 0 Å². The maximum atomic E-state index is 12.3. The number of hydrogen-bond donors (Lipinski definition) is 1. The van der Waals surface area contributed by atoms with Crippen molar-refractivity contribution in [1.82, 2.24) is 10.2 Å². The molecule has 0 bridgehead atoms. The molecular weight excluding hydrogens is 316 g/mol. The molecule has 5 heteroatoms. The zero-order chi connectivity index (χ0) is 14.7. The maximum Gasteiger partial charge on any atom is 0.222 e. The number of fused-ring (bicyclic) bond motifs is 1. The number of benzene rings is 1. The highest BCUT2D eigenvalue weighted by Crippen LogP contribution is 2.26. The third kappa shape index (κ3) is 3.80. The molecule has 0 radical (unpaired) electrons. The Bertz CT molecular complexity index is 628. The maximum absolute atomic E-state index is 12.3. The largest absolute Gasteiger partial charge is 0.337 e. The first-order valence-corrected chi connectivity index (χ1v) is 8.59. The summed E-state index contributed by atoms with van der Waals surface area (Å²) in [5, 5.41) is 6.92. The fourth-order valence-corrected chi connectivity index (χ4v) is 4.01. The first-order chi connectivity index (χ1) is 10.3. The van der Waals surface area contributed by atoms with E-state index in [0.29, 0.717) is 18.4 Å². The van der Waals surface area contributed by atoms with E-state index in [9.17, 15) is 4.79 Å². The minimum Gasteiger partial charge on any atom is -0.337 e. The highest BCUT2D eigenvalue weighted by molar-refractivity contribution is 7.17. The van der Waals surface area contributed by atoms with Crippen LogP contribution >= 0.6 is 23.7 Å². The monoisotopic (exact) mass is 338 g/mol. The predicted octanol–water partition coefficient (Wildman–Crippen LogP) is 3.47. The molecule has 1 saturated heterocycles. The predicted molar refractivity (Wildman–Crippen MR) is 96.1 cm³/mol. The Kier molecular flexibility index (Phi) is 6.24. The van der Waals surface area contributed by atoms with Crippen LogP contribution < -0.4 is 5.32 Å². The summed E-state index contributed by atoms with van der Waals surface area (Å²) < 4.78 is 1.34. The zero-order valence-corrected chi connectivity index (χ0v) is 14.5. The van der Waals surface area contributed by atoms with Gasteiger partial charge in [0.1, 0.15) is 0 Å². The third-order valence-electron chi connectivity index (χ3n) is 4.22. The SMILES string of the molecule is CC1CNCCN1C(=O)CCCc1csc2ccccc12.Cl. The van der Waals surface area contributed by atoms with Gasteiger partial charge in [-0.25, -0.2) is 0 Å². The number of nitrogens with one attached hydrogen (secondary N) is 1. The molecule has 0 saturated carbocycles. The molecule has 1 aromatic carbocycles. The summed E-state index contributed by atoms with van der Waals surface area (Å²) >= 11 is 1.80. The minimum absolute atomic E-state index is 0. The van der Waals surface area contributed by atoms with Gasteiger partial charge in [0.05, 0.1) is 0 Å². The number of piperazine rings is 1. The average molecular weight is 339 g/mol. The van der Waals surface area contributed by atoms with Crippen LogP contribution in [-0.4, -0.2) is 36.5 Å². The second-order valence-electron chi connectivity index (χ2n) is 5.75. The van der Waals surface area contributed by atoms with Crippen LogP contribution in [0.1, 0.15) is 25.3 Å². The second kappa shape index (κ2) is 7.95. The highest BCUT2D eigenvalue weighted by Gasteiger charge is 2.22. The second-order valence-corrected chi connectivity index (χ2v) is 6.66. The van der Waals surface area contributed by atoms with Crippen LogP contribution in [0, 0.1) is 0 Å². The van der Waals surface area contributed by atoms with Crippen molar-refractivity contribution in [2.75, 3.05) is 19.6 Å². The normalized spacial score (nSPS) is 18.2. The van der Waals surface area contributed by atoms with Crippen LogP contribution in [0.5, 0.6) is 0 Å². The van der Waals surface area contributed by atoms with Crippen molar-refractivity contribution in [3.05, 3.63) is 35.2 Å². The Morgan fingerprint density at radius 2 is 2.23 bits per heavy atom. The van der Waals surface area contributed by atoms with Crippen molar-refractivity contribution in [2.24, 2.45) is 0 Å². The van der Waals surface area contributed by atoms with E-state index in [1.165, 1.54) is 15.6 Å². The molecule has 3 nitrogen and oxygen atoms in total. The molecule has 22 heavy (non-hydrogen) atoms. The van der Waals surface area contributed by atoms with Crippen LogP contribution in [0.3, 0.4) is 0 Å². The molecule has 2 heterocycles.